The Morgan fingerprint density at radius 3 is 2.47 bits per heavy atom. The maximum atomic E-state index is 5.31. The lowest BCUT2D eigenvalue weighted by Crippen LogP contribution is -2.12. The lowest BCUT2D eigenvalue weighted by molar-refractivity contribution is 0.414. The third-order valence-corrected chi connectivity index (χ3v) is 3.56. The predicted octanol–water partition coefficient (Wildman–Crippen LogP) is 4.23. The molecule has 19 heavy (non-hydrogen) atoms. The number of methoxy groups -OCH3 is 1. The number of rotatable bonds is 5. The first-order valence-electron chi connectivity index (χ1n) is 6.38. The van der Waals surface area contributed by atoms with E-state index in [1.54, 1.807) is 7.11 Å². The number of nitrogens with one attached hydrogen (secondary N) is 1. The van der Waals surface area contributed by atoms with Crippen LogP contribution in [-0.4, -0.2) is 13.7 Å². The summed E-state index contributed by atoms with van der Waals surface area (Å²) >= 11 is 3.47. The molecule has 0 aliphatic heterocycles. The van der Waals surface area contributed by atoms with Crippen molar-refractivity contribution in [2.75, 3.05) is 13.7 Å². The normalized spacial score (nSPS) is 10.5. The highest BCUT2D eigenvalue weighted by Crippen LogP contribution is 2.28. The molecule has 0 saturated carbocycles. The number of halogens is 1. The molecular formula is C16H18BrNO. The van der Waals surface area contributed by atoms with Gasteiger partial charge in [0.05, 0.1) is 7.11 Å². The van der Waals surface area contributed by atoms with Crippen molar-refractivity contribution >= 4 is 15.9 Å². The monoisotopic (exact) mass is 319 g/mol. The Morgan fingerprint density at radius 2 is 1.84 bits per heavy atom. The van der Waals surface area contributed by atoms with Crippen molar-refractivity contribution in [3.05, 3.63) is 52.5 Å². The molecule has 2 aromatic carbocycles. The zero-order valence-corrected chi connectivity index (χ0v) is 12.8. The summed E-state index contributed by atoms with van der Waals surface area (Å²) in [6.45, 7) is 3.91. The SMILES string of the molecule is CCNCc1cc(OC)ccc1-c1ccc(Br)cc1. The van der Waals surface area contributed by atoms with Gasteiger partial charge in [-0.3, -0.25) is 0 Å². The van der Waals surface area contributed by atoms with E-state index >= 15 is 0 Å². The first-order chi connectivity index (χ1) is 9.24. The predicted molar refractivity (Wildman–Crippen MR) is 83.5 cm³/mol. The highest BCUT2D eigenvalue weighted by Gasteiger charge is 2.06. The second-order valence-corrected chi connectivity index (χ2v) is 5.23. The number of hydrogen-bond acceptors (Lipinski definition) is 2. The van der Waals surface area contributed by atoms with E-state index in [9.17, 15) is 0 Å². The minimum Gasteiger partial charge on any atom is -0.497 e. The van der Waals surface area contributed by atoms with E-state index in [1.165, 1.54) is 16.7 Å². The lowest BCUT2D eigenvalue weighted by atomic mass is 9.99. The molecule has 3 heteroatoms. The minimum absolute atomic E-state index is 0.846. The Labute approximate surface area is 122 Å². The Kier molecular flexibility index (Phi) is 5.00. The largest absolute Gasteiger partial charge is 0.497 e. The Hall–Kier alpha value is -1.32. The van der Waals surface area contributed by atoms with E-state index < -0.39 is 0 Å². The van der Waals surface area contributed by atoms with E-state index in [2.05, 4.69) is 64.6 Å². The van der Waals surface area contributed by atoms with Gasteiger partial charge in [-0.25, -0.2) is 0 Å². The van der Waals surface area contributed by atoms with E-state index in [1.807, 2.05) is 6.07 Å². The molecular weight excluding hydrogens is 302 g/mol. The Balaban J connectivity index is 2.39. The second kappa shape index (κ2) is 6.73. The van der Waals surface area contributed by atoms with E-state index in [4.69, 9.17) is 4.74 Å². The average molecular weight is 320 g/mol. The van der Waals surface area contributed by atoms with Crippen molar-refractivity contribution in [2.45, 2.75) is 13.5 Å². The van der Waals surface area contributed by atoms with Gasteiger partial charge in [-0.05, 0) is 47.5 Å². The van der Waals surface area contributed by atoms with Crippen LogP contribution in [0.5, 0.6) is 5.75 Å². The molecule has 0 fully saturated rings. The number of ether oxygens (including phenoxy) is 1. The third kappa shape index (κ3) is 3.58. The van der Waals surface area contributed by atoms with Crippen molar-refractivity contribution in [1.82, 2.24) is 5.32 Å². The van der Waals surface area contributed by atoms with Crippen LogP contribution in [0.3, 0.4) is 0 Å². The topological polar surface area (TPSA) is 21.3 Å². The summed E-state index contributed by atoms with van der Waals surface area (Å²) in [5.41, 5.74) is 3.72. The highest BCUT2D eigenvalue weighted by atomic mass is 79.9. The summed E-state index contributed by atoms with van der Waals surface area (Å²) in [6, 6.07) is 14.6. The molecule has 2 aromatic rings. The molecule has 0 amide bonds. The molecule has 0 unspecified atom stereocenters. The summed E-state index contributed by atoms with van der Waals surface area (Å²) in [7, 11) is 1.70. The van der Waals surface area contributed by atoms with Crippen LogP contribution in [0.2, 0.25) is 0 Å². The van der Waals surface area contributed by atoms with Crippen LogP contribution in [0.1, 0.15) is 12.5 Å². The fraction of sp³-hybridized carbons (Fsp3) is 0.250. The molecule has 100 valence electrons. The van der Waals surface area contributed by atoms with Gasteiger partial charge in [0, 0.05) is 11.0 Å². The smallest absolute Gasteiger partial charge is 0.119 e. The fourth-order valence-corrected chi connectivity index (χ4v) is 2.28. The second-order valence-electron chi connectivity index (χ2n) is 4.31. The number of hydrogen-bond donors (Lipinski definition) is 1. The van der Waals surface area contributed by atoms with Crippen LogP contribution in [0.25, 0.3) is 11.1 Å². The van der Waals surface area contributed by atoms with Gasteiger partial charge in [0.15, 0.2) is 0 Å². The van der Waals surface area contributed by atoms with Gasteiger partial charge in [-0.15, -0.1) is 0 Å². The third-order valence-electron chi connectivity index (χ3n) is 3.03. The molecule has 0 saturated heterocycles. The Bertz CT molecular complexity index is 537. The van der Waals surface area contributed by atoms with Crippen molar-refractivity contribution in [2.24, 2.45) is 0 Å². The van der Waals surface area contributed by atoms with Gasteiger partial charge in [-0.2, -0.15) is 0 Å². The van der Waals surface area contributed by atoms with Crippen LogP contribution in [0.4, 0.5) is 0 Å². The van der Waals surface area contributed by atoms with Crippen LogP contribution in [-0.2, 0) is 6.54 Å². The average Bonchev–Trinajstić information content (AvgIpc) is 2.46. The summed E-state index contributed by atoms with van der Waals surface area (Å²) in [6.07, 6.45) is 0. The molecule has 2 nitrogen and oxygen atoms in total. The highest BCUT2D eigenvalue weighted by molar-refractivity contribution is 9.10. The van der Waals surface area contributed by atoms with Gasteiger partial charge in [-0.1, -0.05) is 41.1 Å². The molecule has 0 aromatic heterocycles. The van der Waals surface area contributed by atoms with Gasteiger partial charge in [0.25, 0.3) is 0 Å². The maximum Gasteiger partial charge on any atom is 0.119 e. The molecule has 0 heterocycles. The van der Waals surface area contributed by atoms with Crippen molar-refractivity contribution in [3.63, 3.8) is 0 Å². The molecule has 0 atom stereocenters. The summed E-state index contributed by atoms with van der Waals surface area (Å²) < 4.78 is 6.40. The minimum atomic E-state index is 0.846. The van der Waals surface area contributed by atoms with Crippen molar-refractivity contribution in [1.29, 1.82) is 0 Å². The first kappa shape index (κ1) is 14.1. The van der Waals surface area contributed by atoms with E-state index in [0.717, 1.165) is 23.3 Å². The van der Waals surface area contributed by atoms with E-state index in [-0.39, 0.29) is 0 Å². The van der Waals surface area contributed by atoms with Gasteiger partial charge in [0.2, 0.25) is 0 Å². The van der Waals surface area contributed by atoms with Gasteiger partial charge < -0.3 is 10.1 Å². The quantitative estimate of drug-likeness (QED) is 0.890. The molecule has 0 aliphatic carbocycles. The van der Waals surface area contributed by atoms with Crippen LogP contribution in [0.15, 0.2) is 46.9 Å². The maximum absolute atomic E-state index is 5.31. The van der Waals surface area contributed by atoms with Gasteiger partial charge in [0.1, 0.15) is 5.75 Å². The van der Waals surface area contributed by atoms with Crippen LogP contribution >= 0.6 is 15.9 Å². The van der Waals surface area contributed by atoms with Crippen LogP contribution in [0, 0.1) is 0 Å². The van der Waals surface area contributed by atoms with Crippen molar-refractivity contribution < 1.29 is 4.74 Å². The first-order valence-corrected chi connectivity index (χ1v) is 7.17. The summed E-state index contributed by atoms with van der Waals surface area (Å²) in [5, 5.41) is 3.37. The van der Waals surface area contributed by atoms with Gasteiger partial charge >= 0.3 is 0 Å². The molecule has 0 radical (unpaired) electrons. The molecule has 0 aliphatic rings. The molecule has 2 rings (SSSR count). The molecule has 1 N–H and O–H groups in total. The standard InChI is InChI=1S/C16H18BrNO/c1-3-18-11-13-10-15(19-2)8-9-16(13)12-4-6-14(17)7-5-12/h4-10,18H,3,11H2,1-2H3. The lowest BCUT2D eigenvalue weighted by Gasteiger charge is -2.12. The van der Waals surface area contributed by atoms with Crippen LogP contribution < -0.4 is 10.1 Å². The fourth-order valence-electron chi connectivity index (χ4n) is 2.01. The molecule has 0 bridgehead atoms. The zero-order chi connectivity index (χ0) is 13.7. The summed E-state index contributed by atoms with van der Waals surface area (Å²) in [4.78, 5) is 0. The summed E-state index contributed by atoms with van der Waals surface area (Å²) in [5.74, 6) is 0.897. The van der Waals surface area contributed by atoms with E-state index in [0.29, 0.717) is 0 Å². The number of benzene rings is 2. The van der Waals surface area contributed by atoms with Crippen molar-refractivity contribution in [3.8, 4) is 16.9 Å². The Morgan fingerprint density at radius 1 is 1.11 bits per heavy atom. The molecule has 0 spiro atoms. The zero-order valence-electron chi connectivity index (χ0n) is 11.2.